The van der Waals surface area contributed by atoms with E-state index in [9.17, 15) is 9.59 Å². The molecule has 132 valence electrons. The number of piperidine rings is 1. The second kappa shape index (κ2) is 7.87. The highest BCUT2D eigenvalue weighted by atomic mass is 79.9. The molecule has 1 saturated heterocycles. The Morgan fingerprint density at radius 3 is 2.48 bits per heavy atom. The highest BCUT2D eigenvalue weighted by Gasteiger charge is 2.28. The third kappa shape index (κ3) is 4.31. The Balaban J connectivity index is 1.52. The van der Waals surface area contributed by atoms with Crippen molar-refractivity contribution in [2.45, 2.75) is 25.8 Å². The number of rotatable bonds is 4. The minimum Gasteiger partial charge on any atom is -0.467 e. The zero-order valence-electron chi connectivity index (χ0n) is 14.1. The van der Waals surface area contributed by atoms with Gasteiger partial charge in [0.2, 0.25) is 5.91 Å². The summed E-state index contributed by atoms with van der Waals surface area (Å²) in [6.07, 6.45) is 2.96. The maximum absolute atomic E-state index is 12.5. The van der Waals surface area contributed by atoms with E-state index in [2.05, 4.69) is 21.2 Å². The molecule has 1 aromatic carbocycles. The number of amides is 2. The van der Waals surface area contributed by atoms with Gasteiger partial charge in [-0.05, 0) is 56.2 Å². The van der Waals surface area contributed by atoms with Crippen LogP contribution in [0.3, 0.4) is 0 Å². The van der Waals surface area contributed by atoms with Gasteiger partial charge in [-0.15, -0.1) is 0 Å². The van der Waals surface area contributed by atoms with Crippen molar-refractivity contribution >= 4 is 27.7 Å². The Bertz CT molecular complexity index is 720. The predicted molar refractivity (Wildman–Crippen MR) is 98.0 cm³/mol. The largest absolute Gasteiger partial charge is 0.467 e. The fraction of sp³-hybridized carbons (Fsp3) is 0.368. The van der Waals surface area contributed by atoms with E-state index < -0.39 is 0 Å². The molecule has 0 saturated carbocycles. The minimum atomic E-state index is -0.148. The molecule has 2 amide bonds. The standard InChI is InChI=1S/C19H21BrN2O3/c1-13(17-3-2-12-25-17)21-18(23)14-8-10-22(11-9-14)19(24)15-4-6-16(20)7-5-15/h2-7,12-14H,8-11H2,1H3,(H,21,23)/t13-/m1/s1. The monoisotopic (exact) mass is 404 g/mol. The molecule has 5 nitrogen and oxygen atoms in total. The summed E-state index contributed by atoms with van der Waals surface area (Å²) >= 11 is 3.37. The molecular formula is C19H21BrN2O3. The molecule has 3 rings (SSSR count). The molecule has 25 heavy (non-hydrogen) atoms. The first-order valence-corrected chi connectivity index (χ1v) is 9.22. The highest BCUT2D eigenvalue weighted by Crippen LogP contribution is 2.22. The average Bonchev–Trinajstić information content (AvgIpc) is 3.17. The zero-order chi connectivity index (χ0) is 17.8. The number of furan rings is 1. The fourth-order valence-corrected chi connectivity index (χ4v) is 3.32. The van der Waals surface area contributed by atoms with Crippen LogP contribution in [0, 0.1) is 5.92 Å². The van der Waals surface area contributed by atoms with Crippen molar-refractivity contribution in [2.24, 2.45) is 5.92 Å². The zero-order valence-corrected chi connectivity index (χ0v) is 15.7. The summed E-state index contributed by atoms with van der Waals surface area (Å²) in [5.74, 6) is 0.734. The number of likely N-dealkylation sites (tertiary alicyclic amines) is 1. The van der Waals surface area contributed by atoms with Crippen LogP contribution in [0.15, 0.2) is 51.6 Å². The van der Waals surface area contributed by atoms with Crippen LogP contribution in [-0.2, 0) is 4.79 Å². The maximum Gasteiger partial charge on any atom is 0.253 e. The third-order valence-electron chi connectivity index (χ3n) is 4.57. The number of hydrogen-bond acceptors (Lipinski definition) is 3. The lowest BCUT2D eigenvalue weighted by Gasteiger charge is -2.32. The SMILES string of the molecule is C[C@@H](NC(=O)C1CCN(C(=O)c2ccc(Br)cc2)CC1)c1ccco1. The lowest BCUT2D eigenvalue weighted by Crippen LogP contribution is -2.43. The van der Waals surface area contributed by atoms with Gasteiger partial charge in [0.15, 0.2) is 0 Å². The van der Waals surface area contributed by atoms with Gasteiger partial charge in [-0.3, -0.25) is 9.59 Å². The molecule has 1 N–H and O–H groups in total. The maximum atomic E-state index is 12.5. The molecule has 0 unspecified atom stereocenters. The number of carbonyl (C=O) groups excluding carboxylic acids is 2. The summed E-state index contributed by atoms with van der Waals surface area (Å²) < 4.78 is 6.27. The number of carbonyl (C=O) groups is 2. The number of nitrogens with one attached hydrogen (secondary N) is 1. The van der Waals surface area contributed by atoms with Gasteiger partial charge in [-0.25, -0.2) is 0 Å². The molecule has 0 spiro atoms. The lowest BCUT2D eigenvalue weighted by molar-refractivity contribution is -0.127. The van der Waals surface area contributed by atoms with Gasteiger partial charge in [0.1, 0.15) is 5.76 Å². The summed E-state index contributed by atoms with van der Waals surface area (Å²) in [5, 5.41) is 2.99. The van der Waals surface area contributed by atoms with Crippen LogP contribution in [0.2, 0.25) is 0 Å². The summed E-state index contributed by atoms with van der Waals surface area (Å²) in [5.41, 5.74) is 0.678. The van der Waals surface area contributed by atoms with Gasteiger partial charge >= 0.3 is 0 Å². The number of benzene rings is 1. The van der Waals surface area contributed by atoms with Crippen molar-refractivity contribution in [2.75, 3.05) is 13.1 Å². The quantitative estimate of drug-likeness (QED) is 0.843. The Labute approximate surface area is 155 Å². The Hall–Kier alpha value is -2.08. The van der Waals surface area contributed by atoms with E-state index in [4.69, 9.17) is 4.42 Å². The van der Waals surface area contributed by atoms with Crippen molar-refractivity contribution in [1.29, 1.82) is 0 Å². The van der Waals surface area contributed by atoms with Crippen LogP contribution in [0.25, 0.3) is 0 Å². The van der Waals surface area contributed by atoms with Crippen LogP contribution in [-0.4, -0.2) is 29.8 Å². The molecule has 0 radical (unpaired) electrons. The molecule has 0 bridgehead atoms. The number of halogens is 1. The van der Waals surface area contributed by atoms with E-state index in [-0.39, 0.29) is 23.8 Å². The summed E-state index contributed by atoms with van der Waals surface area (Å²) in [4.78, 5) is 26.8. The van der Waals surface area contributed by atoms with Crippen LogP contribution in [0.4, 0.5) is 0 Å². The van der Waals surface area contributed by atoms with Gasteiger partial charge in [0, 0.05) is 29.0 Å². The molecule has 0 aliphatic carbocycles. The molecule has 2 aromatic rings. The first-order chi connectivity index (χ1) is 12.0. The molecule has 6 heteroatoms. The molecule has 1 aromatic heterocycles. The topological polar surface area (TPSA) is 62.6 Å². The molecule has 1 fully saturated rings. The second-order valence-corrected chi connectivity index (χ2v) is 7.23. The van der Waals surface area contributed by atoms with E-state index in [0.29, 0.717) is 31.5 Å². The molecule has 1 aliphatic rings. The molecular weight excluding hydrogens is 384 g/mol. The average molecular weight is 405 g/mol. The third-order valence-corrected chi connectivity index (χ3v) is 5.10. The van der Waals surface area contributed by atoms with Gasteiger partial charge in [0.05, 0.1) is 12.3 Å². The van der Waals surface area contributed by atoms with Crippen LogP contribution >= 0.6 is 15.9 Å². The van der Waals surface area contributed by atoms with E-state index >= 15 is 0 Å². The Morgan fingerprint density at radius 2 is 1.88 bits per heavy atom. The Morgan fingerprint density at radius 1 is 1.20 bits per heavy atom. The summed E-state index contributed by atoms with van der Waals surface area (Å²) in [7, 11) is 0. The van der Waals surface area contributed by atoms with Gasteiger partial charge < -0.3 is 14.6 Å². The second-order valence-electron chi connectivity index (χ2n) is 6.32. The van der Waals surface area contributed by atoms with E-state index in [1.165, 1.54) is 0 Å². The van der Waals surface area contributed by atoms with E-state index in [1.807, 2.05) is 48.2 Å². The number of nitrogens with zero attached hydrogens (tertiary/aromatic N) is 1. The van der Waals surface area contributed by atoms with Crippen molar-refractivity contribution < 1.29 is 14.0 Å². The highest BCUT2D eigenvalue weighted by molar-refractivity contribution is 9.10. The van der Waals surface area contributed by atoms with Crippen molar-refractivity contribution in [3.63, 3.8) is 0 Å². The molecule has 1 atom stereocenters. The van der Waals surface area contributed by atoms with Gasteiger partial charge in [0.25, 0.3) is 5.91 Å². The number of hydrogen-bond donors (Lipinski definition) is 1. The normalized spacial score (nSPS) is 16.5. The lowest BCUT2D eigenvalue weighted by atomic mass is 9.95. The van der Waals surface area contributed by atoms with Gasteiger partial charge in [-0.1, -0.05) is 15.9 Å². The summed E-state index contributed by atoms with van der Waals surface area (Å²) in [6.45, 7) is 3.10. The van der Waals surface area contributed by atoms with Gasteiger partial charge in [-0.2, -0.15) is 0 Å². The molecule has 1 aliphatic heterocycles. The van der Waals surface area contributed by atoms with E-state index in [1.54, 1.807) is 6.26 Å². The van der Waals surface area contributed by atoms with Crippen molar-refractivity contribution in [3.8, 4) is 0 Å². The molecule has 2 heterocycles. The first-order valence-electron chi connectivity index (χ1n) is 8.43. The Kier molecular flexibility index (Phi) is 5.58. The van der Waals surface area contributed by atoms with Crippen LogP contribution in [0.1, 0.15) is 41.9 Å². The van der Waals surface area contributed by atoms with Crippen LogP contribution < -0.4 is 5.32 Å². The van der Waals surface area contributed by atoms with Crippen molar-refractivity contribution in [1.82, 2.24) is 10.2 Å². The smallest absolute Gasteiger partial charge is 0.253 e. The fourth-order valence-electron chi connectivity index (χ4n) is 3.06. The summed E-state index contributed by atoms with van der Waals surface area (Å²) in [6, 6.07) is 10.9. The van der Waals surface area contributed by atoms with Crippen LogP contribution in [0.5, 0.6) is 0 Å². The van der Waals surface area contributed by atoms with Crippen molar-refractivity contribution in [3.05, 3.63) is 58.5 Å². The first kappa shape index (κ1) is 17.7. The van der Waals surface area contributed by atoms with E-state index in [0.717, 1.165) is 10.2 Å². The predicted octanol–water partition coefficient (Wildman–Crippen LogP) is 3.77. The minimum absolute atomic E-state index is 0.0234.